The highest BCUT2D eigenvalue weighted by Gasteiger charge is 2.31. The number of primary sulfonamides is 1. The molecule has 70 valence electrons. The summed E-state index contributed by atoms with van der Waals surface area (Å²) in [5.74, 6) is 0. The standard InChI is InChI=1S/C5H11N3O3S/c6-5(9)8-2-1-4(3-8)12(7,10)11/h4H,1-3H2,(H2,6,9)(H2,7,10,11). The highest BCUT2D eigenvalue weighted by Crippen LogP contribution is 2.13. The Labute approximate surface area is 70.6 Å². The van der Waals surface area contributed by atoms with Gasteiger partial charge in [-0.2, -0.15) is 0 Å². The van der Waals surface area contributed by atoms with Gasteiger partial charge in [0.05, 0.1) is 5.25 Å². The molecule has 0 aromatic carbocycles. The van der Waals surface area contributed by atoms with Crippen molar-refractivity contribution in [2.75, 3.05) is 13.1 Å². The molecule has 1 rings (SSSR count). The smallest absolute Gasteiger partial charge is 0.314 e. The van der Waals surface area contributed by atoms with Crippen molar-refractivity contribution in [3.05, 3.63) is 0 Å². The van der Waals surface area contributed by atoms with Gasteiger partial charge in [-0.05, 0) is 6.42 Å². The Morgan fingerprint density at radius 2 is 2.08 bits per heavy atom. The summed E-state index contributed by atoms with van der Waals surface area (Å²) in [5.41, 5.74) is 4.95. The van der Waals surface area contributed by atoms with Crippen molar-refractivity contribution in [3.8, 4) is 0 Å². The van der Waals surface area contributed by atoms with Crippen molar-refractivity contribution in [2.45, 2.75) is 11.7 Å². The summed E-state index contributed by atoms with van der Waals surface area (Å²) >= 11 is 0. The number of nitrogens with two attached hydrogens (primary N) is 2. The van der Waals surface area contributed by atoms with Gasteiger partial charge in [-0.15, -0.1) is 0 Å². The quantitative estimate of drug-likeness (QED) is 0.525. The van der Waals surface area contributed by atoms with E-state index >= 15 is 0 Å². The first-order valence-electron chi connectivity index (χ1n) is 3.47. The second kappa shape index (κ2) is 2.91. The summed E-state index contributed by atoms with van der Waals surface area (Å²) < 4.78 is 21.6. The summed E-state index contributed by atoms with van der Waals surface area (Å²) in [7, 11) is -3.52. The van der Waals surface area contributed by atoms with Gasteiger partial charge in [-0.25, -0.2) is 18.4 Å². The zero-order valence-corrected chi connectivity index (χ0v) is 7.25. The predicted molar refractivity (Wildman–Crippen MR) is 42.7 cm³/mol. The SMILES string of the molecule is NC(=O)N1CCC(S(N)(=O)=O)C1. The van der Waals surface area contributed by atoms with E-state index in [1.165, 1.54) is 4.90 Å². The lowest BCUT2D eigenvalue weighted by molar-refractivity contribution is 0.218. The Hall–Kier alpha value is -0.820. The number of likely N-dealkylation sites (tertiary alicyclic amines) is 1. The molecule has 1 saturated heterocycles. The lowest BCUT2D eigenvalue weighted by Crippen LogP contribution is -2.37. The second-order valence-corrected chi connectivity index (χ2v) is 4.63. The molecule has 0 saturated carbocycles. The predicted octanol–water partition coefficient (Wildman–Crippen LogP) is -1.57. The molecule has 1 aliphatic rings. The Morgan fingerprint density at radius 1 is 1.50 bits per heavy atom. The van der Waals surface area contributed by atoms with Gasteiger partial charge < -0.3 is 10.6 Å². The fourth-order valence-electron chi connectivity index (χ4n) is 1.20. The van der Waals surface area contributed by atoms with Gasteiger partial charge in [0.15, 0.2) is 0 Å². The molecule has 1 atom stereocenters. The van der Waals surface area contributed by atoms with Gasteiger partial charge in [0, 0.05) is 13.1 Å². The maximum Gasteiger partial charge on any atom is 0.314 e. The van der Waals surface area contributed by atoms with Crippen LogP contribution in [-0.2, 0) is 10.0 Å². The van der Waals surface area contributed by atoms with Crippen LogP contribution in [0.2, 0.25) is 0 Å². The van der Waals surface area contributed by atoms with E-state index in [0.717, 1.165) is 0 Å². The first-order valence-corrected chi connectivity index (χ1v) is 5.08. The first kappa shape index (κ1) is 9.27. The first-order chi connectivity index (χ1) is 5.41. The molecule has 2 amide bonds. The van der Waals surface area contributed by atoms with Gasteiger partial charge in [0.25, 0.3) is 0 Å². The lowest BCUT2D eigenvalue weighted by atomic mass is 10.4. The van der Waals surface area contributed by atoms with Crippen LogP contribution in [0.3, 0.4) is 0 Å². The van der Waals surface area contributed by atoms with Crippen LogP contribution in [0.15, 0.2) is 0 Å². The Kier molecular flexibility index (Phi) is 2.25. The Bertz CT molecular complexity index is 286. The molecular formula is C5H11N3O3S. The van der Waals surface area contributed by atoms with Crippen molar-refractivity contribution in [1.29, 1.82) is 0 Å². The van der Waals surface area contributed by atoms with E-state index in [4.69, 9.17) is 10.9 Å². The number of nitrogens with zero attached hydrogens (tertiary/aromatic N) is 1. The zero-order valence-electron chi connectivity index (χ0n) is 6.43. The van der Waals surface area contributed by atoms with Crippen LogP contribution in [0.25, 0.3) is 0 Å². The largest absolute Gasteiger partial charge is 0.351 e. The lowest BCUT2D eigenvalue weighted by Gasteiger charge is -2.11. The number of primary amides is 1. The average Bonchev–Trinajstić information content (AvgIpc) is 2.30. The van der Waals surface area contributed by atoms with Crippen molar-refractivity contribution >= 4 is 16.1 Å². The number of amides is 2. The van der Waals surface area contributed by atoms with Crippen LogP contribution in [-0.4, -0.2) is 37.7 Å². The fraction of sp³-hybridized carbons (Fsp3) is 0.800. The van der Waals surface area contributed by atoms with Crippen LogP contribution in [0.4, 0.5) is 4.79 Å². The molecule has 7 heteroatoms. The van der Waals surface area contributed by atoms with Gasteiger partial charge in [0.2, 0.25) is 10.0 Å². The molecule has 0 aliphatic carbocycles. The van der Waals surface area contributed by atoms with E-state index < -0.39 is 21.3 Å². The normalized spacial score (nSPS) is 24.4. The summed E-state index contributed by atoms with van der Waals surface area (Å²) in [6.45, 7) is 0.491. The van der Waals surface area contributed by atoms with Crippen molar-refractivity contribution in [1.82, 2.24) is 4.90 Å². The Morgan fingerprint density at radius 3 is 2.33 bits per heavy atom. The van der Waals surface area contributed by atoms with Crippen molar-refractivity contribution in [3.63, 3.8) is 0 Å². The van der Waals surface area contributed by atoms with Crippen LogP contribution >= 0.6 is 0 Å². The number of sulfonamides is 1. The van der Waals surface area contributed by atoms with E-state index in [-0.39, 0.29) is 6.54 Å². The molecule has 1 heterocycles. The third kappa shape index (κ3) is 1.86. The van der Waals surface area contributed by atoms with Crippen LogP contribution < -0.4 is 10.9 Å². The fourth-order valence-corrected chi connectivity index (χ4v) is 2.02. The molecule has 1 aliphatic heterocycles. The minimum absolute atomic E-state index is 0.119. The summed E-state index contributed by atoms with van der Waals surface area (Å²) in [6, 6.07) is -0.596. The molecule has 0 aromatic heterocycles. The highest BCUT2D eigenvalue weighted by molar-refractivity contribution is 7.89. The third-order valence-corrected chi connectivity index (χ3v) is 3.24. The summed E-state index contributed by atoms with van der Waals surface area (Å²) in [5, 5.41) is 4.25. The third-order valence-electron chi connectivity index (χ3n) is 1.92. The van der Waals surface area contributed by atoms with Crippen LogP contribution in [0.1, 0.15) is 6.42 Å². The molecular weight excluding hydrogens is 182 g/mol. The van der Waals surface area contributed by atoms with Gasteiger partial charge in [-0.1, -0.05) is 0 Å². The summed E-state index contributed by atoms with van der Waals surface area (Å²) in [4.78, 5) is 11.9. The van der Waals surface area contributed by atoms with E-state index in [2.05, 4.69) is 0 Å². The molecule has 1 unspecified atom stereocenters. The molecule has 0 bridgehead atoms. The number of carbonyl (C=O) groups excluding carboxylic acids is 1. The highest BCUT2D eigenvalue weighted by atomic mass is 32.2. The zero-order chi connectivity index (χ0) is 9.35. The summed E-state index contributed by atoms with van der Waals surface area (Å²) in [6.07, 6.45) is 0.377. The van der Waals surface area contributed by atoms with E-state index in [1.807, 2.05) is 0 Å². The van der Waals surface area contributed by atoms with E-state index in [9.17, 15) is 13.2 Å². The maximum absolute atomic E-state index is 10.8. The monoisotopic (exact) mass is 193 g/mol. The molecule has 0 aromatic rings. The number of hydrogen-bond acceptors (Lipinski definition) is 3. The second-order valence-electron chi connectivity index (χ2n) is 2.78. The Balaban J connectivity index is 2.64. The molecule has 1 fully saturated rings. The maximum atomic E-state index is 10.8. The minimum atomic E-state index is -3.52. The van der Waals surface area contributed by atoms with Crippen LogP contribution in [0, 0.1) is 0 Å². The van der Waals surface area contributed by atoms with Gasteiger partial charge in [0.1, 0.15) is 0 Å². The number of carbonyl (C=O) groups is 1. The molecule has 6 nitrogen and oxygen atoms in total. The van der Waals surface area contributed by atoms with Gasteiger partial charge in [-0.3, -0.25) is 0 Å². The minimum Gasteiger partial charge on any atom is -0.351 e. The number of hydrogen-bond donors (Lipinski definition) is 2. The van der Waals surface area contributed by atoms with Crippen molar-refractivity contribution < 1.29 is 13.2 Å². The number of urea groups is 1. The molecule has 12 heavy (non-hydrogen) atoms. The number of rotatable bonds is 1. The van der Waals surface area contributed by atoms with Gasteiger partial charge >= 0.3 is 6.03 Å². The molecule has 4 N–H and O–H groups in total. The van der Waals surface area contributed by atoms with E-state index in [0.29, 0.717) is 13.0 Å². The van der Waals surface area contributed by atoms with Crippen molar-refractivity contribution in [2.24, 2.45) is 10.9 Å². The molecule has 0 spiro atoms. The molecule has 0 radical (unpaired) electrons. The average molecular weight is 193 g/mol. The van der Waals surface area contributed by atoms with E-state index in [1.54, 1.807) is 0 Å². The topological polar surface area (TPSA) is 106 Å². The van der Waals surface area contributed by atoms with Crippen LogP contribution in [0.5, 0.6) is 0 Å².